The van der Waals surface area contributed by atoms with Crippen molar-refractivity contribution in [2.45, 2.75) is 25.6 Å². The molecule has 1 aromatic carbocycles. The predicted molar refractivity (Wildman–Crippen MR) is 89.2 cm³/mol. The number of carbonyl (C=O) groups excluding carboxylic acids is 1. The summed E-state index contributed by atoms with van der Waals surface area (Å²) in [7, 11) is 0. The quantitative estimate of drug-likeness (QED) is 0.844. The van der Waals surface area contributed by atoms with Crippen LogP contribution in [0, 0.1) is 5.82 Å². The van der Waals surface area contributed by atoms with Gasteiger partial charge in [-0.1, -0.05) is 12.1 Å². The van der Waals surface area contributed by atoms with Crippen LogP contribution in [-0.4, -0.2) is 57.9 Å². The number of nitrogens with one attached hydrogen (secondary N) is 1. The molecule has 134 valence electrons. The monoisotopic (exact) mass is 347 g/mol. The van der Waals surface area contributed by atoms with Crippen molar-refractivity contribution in [1.82, 2.24) is 25.0 Å². The molecule has 2 aromatic rings. The maximum Gasteiger partial charge on any atom is 0.242 e. The largest absolute Gasteiger partial charge is 0.379 e. The molecule has 0 radical (unpaired) electrons. The molecule has 3 rings (SSSR count). The van der Waals surface area contributed by atoms with Crippen molar-refractivity contribution in [2.24, 2.45) is 0 Å². The van der Waals surface area contributed by atoms with E-state index >= 15 is 0 Å². The highest BCUT2D eigenvalue weighted by Gasteiger charge is 2.30. The summed E-state index contributed by atoms with van der Waals surface area (Å²) >= 11 is 0. The average molecular weight is 347 g/mol. The van der Waals surface area contributed by atoms with E-state index in [4.69, 9.17) is 4.74 Å². The van der Waals surface area contributed by atoms with Gasteiger partial charge in [-0.15, -0.1) is 0 Å². The Hall–Kier alpha value is -2.32. The molecule has 1 saturated heterocycles. The molecule has 1 fully saturated rings. The van der Waals surface area contributed by atoms with Crippen LogP contribution in [0.3, 0.4) is 0 Å². The van der Waals surface area contributed by atoms with E-state index in [0.29, 0.717) is 38.4 Å². The number of ether oxygens (including phenoxy) is 1. The summed E-state index contributed by atoms with van der Waals surface area (Å²) in [5.74, 6) is -0.501. The Labute approximate surface area is 145 Å². The lowest BCUT2D eigenvalue weighted by Crippen LogP contribution is -2.48. The number of aromatic nitrogens is 3. The van der Waals surface area contributed by atoms with Gasteiger partial charge >= 0.3 is 0 Å². The summed E-state index contributed by atoms with van der Waals surface area (Å²) in [6, 6.07) is 5.53. The molecule has 0 spiro atoms. The minimum atomic E-state index is -0.544. The van der Waals surface area contributed by atoms with E-state index in [1.807, 2.05) is 11.8 Å². The lowest BCUT2D eigenvalue weighted by atomic mass is 10.0. The second-order valence-electron chi connectivity index (χ2n) is 6.13. The predicted octanol–water partition coefficient (Wildman–Crippen LogP) is 0.995. The lowest BCUT2D eigenvalue weighted by molar-refractivity contribution is -0.129. The van der Waals surface area contributed by atoms with Crippen LogP contribution >= 0.6 is 0 Å². The number of rotatable bonds is 6. The highest BCUT2D eigenvalue weighted by Crippen LogP contribution is 2.23. The molecule has 25 heavy (non-hydrogen) atoms. The van der Waals surface area contributed by atoms with Gasteiger partial charge in [-0.3, -0.25) is 14.4 Å². The number of hydrogen-bond donors (Lipinski definition) is 1. The summed E-state index contributed by atoms with van der Waals surface area (Å²) in [6.07, 6.45) is 3.06. The van der Waals surface area contributed by atoms with Crippen LogP contribution < -0.4 is 5.32 Å². The average Bonchev–Trinajstić information content (AvgIpc) is 3.09. The fraction of sp³-hybridized carbons (Fsp3) is 0.471. The smallest absolute Gasteiger partial charge is 0.242 e. The molecule has 0 saturated carbocycles. The molecule has 1 aliphatic heterocycles. The summed E-state index contributed by atoms with van der Waals surface area (Å²) in [5.41, 5.74) is 0.646. The molecule has 1 aliphatic rings. The minimum absolute atomic E-state index is 0.133. The van der Waals surface area contributed by atoms with Crippen molar-refractivity contribution in [3.05, 3.63) is 48.3 Å². The molecule has 2 unspecified atom stereocenters. The van der Waals surface area contributed by atoms with E-state index in [1.165, 1.54) is 18.5 Å². The summed E-state index contributed by atoms with van der Waals surface area (Å²) in [6.45, 7) is 4.81. The Morgan fingerprint density at radius 1 is 1.40 bits per heavy atom. The Bertz CT molecular complexity index is 688. The Morgan fingerprint density at radius 3 is 2.88 bits per heavy atom. The second-order valence-corrected chi connectivity index (χ2v) is 6.13. The normalized spacial score (nSPS) is 17.8. The van der Waals surface area contributed by atoms with E-state index in [1.54, 1.807) is 23.1 Å². The van der Waals surface area contributed by atoms with E-state index in [2.05, 4.69) is 15.4 Å². The first kappa shape index (κ1) is 17.5. The van der Waals surface area contributed by atoms with Crippen LogP contribution in [0.1, 0.15) is 18.5 Å². The highest BCUT2D eigenvalue weighted by atomic mass is 19.1. The molecule has 0 bridgehead atoms. The SMILES string of the molecule is CC(Cn1cncn1)NC(=O)C(c1cccc(F)c1)N1CCOCC1. The maximum atomic E-state index is 13.7. The molecule has 1 N–H and O–H groups in total. The van der Waals surface area contributed by atoms with Gasteiger partial charge < -0.3 is 10.1 Å². The zero-order valence-electron chi connectivity index (χ0n) is 14.1. The molecule has 0 aliphatic carbocycles. The second kappa shape index (κ2) is 8.17. The summed E-state index contributed by atoms with van der Waals surface area (Å²) in [5, 5.41) is 7.05. The fourth-order valence-corrected chi connectivity index (χ4v) is 3.02. The first-order valence-corrected chi connectivity index (χ1v) is 8.33. The third-order valence-electron chi connectivity index (χ3n) is 4.14. The topological polar surface area (TPSA) is 72.3 Å². The standard InChI is InChI=1S/C17H22FN5O2/c1-13(10-23-12-19-11-20-23)21-17(24)16(22-5-7-25-8-6-22)14-3-2-4-15(18)9-14/h2-4,9,11-13,16H,5-8,10H2,1H3,(H,21,24). The number of halogens is 1. The van der Waals surface area contributed by atoms with Gasteiger partial charge in [0.15, 0.2) is 0 Å². The van der Waals surface area contributed by atoms with Crippen molar-refractivity contribution in [2.75, 3.05) is 26.3 Å². The summed E-state index contributed by atoms with van der Waals surface area (Å²) < 4.78 is 20.7. The van der Waals surface area contributed by atoms with Crippen LogP contribution in [0.4, 0.5) is 4.39 Å². The van der Waals surface area contributed by atoms with Crippen molar-refractivity contribution in [3.63, 3.8) is 0 Å². The Balaban J connectivity index is 1.74. The highest BCUT2D eigenvalue weighted by molar-refractivity contribution is 5.83. The number of nitrogens with zero attached hydrogens (tertiary/aromatic N) is 4. The van der Waals surface area contributed by atoms with Crippen molar-refractivity contribution in [3.8, 4) is 0 Å². The van der Waals surface area contributed by atoms with Gasteiger partial charge in [0, 0.05) is 19.1 Å². The van der Waals surface area contributed by atoms with E-state index in [9.17, 15) is 9.18 Å². The Morgan fingerprint density at radius 2 is 2.20 bits per heavy atom. The molecular weight excluding hydrogens is 325 g/mol. The molecule has 2 heterocycles. The zero-order chi connectivity index (χ0) is 17.6. The number of carbonyl (C=O) groups is 1. The lowest BCUT2D eigenvalue weighted by Gasteiger charge is -2.34. The van der Waals surface area contributed by atoms with Crippen LogP contribution in [0.25, 0.3) is 0 Å². The first-order chi connectivity index (χ1) is 12.1. The van der Waals surface area contributed by atoms with E-state index < -0.39 is 6.04 Å². The summed E-state index contributed by atoms with van der Waals surface area (Å²) in [4.78, 5) is 18.9. The number of morpholine rings is 1. The minimum Gasteiger partial charge on any atom is -0.379 e. The van der Waals surface area contributed by atoms with Crippen LogP contribution in [0.2, 0.25) is 0 Å². The molecule has 7 nitrogen and oxygen atoms in total. The van der Waals surface area contributed by atoms with Gasteiger partial charge in [0.25, 0.3) is 0 Å². The molecule has 2 atom stereocenters. The molecule has 1 aromatic heterocycles. The number of hydrogen-bond acceptors (Lipinski definition) is 5. The van der Waals surface area contributed by atoms with E-state index in [-0.39, 0.29) is 17.8 Å². The number of benzene rings is 1. The Kier molecular flexibility index (Phi) is 5.72. The van der Waals surface area contributed by atoms with Crippen LogP contribution in [-0.2, 0) is 16.1 Å². The van der Waals surface area contributed by atoms with E-state index in [0.717, 1.165) is 0 Å². The van der Waals surface area contributed by atoms with Crippen LogP contribution in [0.15, 0.2) is 36.9 Å². The van der Waals surface area contributed by atoms with Gasteiger partial charge in [0.1, 0.15) is 24.5 Å². The van der Waals surface area contributed by atoms with Crippen molar-refractivity contribution >= 4 is 5.91 Å². The molecule has 8 heteroatoms. The van der Waals surface area contributed by atoms with Gasteiger partial charge in [0.2, 0.25) is 5.91 Å². The van der Waals surface area contributed by atoms with Gasteiger partial charge in [-0.05, 0) is 24.6 Å². The van der Waals surface area contributed by atoms with Crippen LogP contribution in [0.5, 0.6) is 0 Å². The number of amides is 1. The van der Waals surface area contributed by atoms with Crippen molar-refractivity contribution in [1.29, 1.82) is 0 Å². The molecular formula is C17H22FN5O2. The fourth-order valence-electron chi connectivity index (χ4n) is 3.02. The molecule has 1 amide bonds. The van der Waals surface area contributed by atoms with Crippen molar-refractivity contribution < 1.29 is 13.9 Å². The van der Waals surface area contributed by atoms with Gasteiger partial charge in [0.05, 0.1) is 19.8 Å². The maximum absolute atomic E-state index is 13.7. The zero-order valence-corrected chi connectivity index (χ0v) is 14.1. The first-order valence-electron chi connectivity index (χ1n) is 8.33. The third kappa shape index (κ3) is 4.61. The van der Waals surface area contributed by atoms with Gasteiger partial charge in [-0.25, -0.2) is 9.37 Å². The van der Waals surface area contributed by atoms with Gasteiger partial charge in [-0.2, -0.15) is 5.10 Å². The third-order valence-corrected chi connectivity index (χ3v) is 4.14.